The first-order chi connectivity index (χ1) is 16.0. The first-order valence-corrected chi connectivity index (χ1v) is 10.7. The molecule has 1 heterocycles. The number of nitrogens with zero attached hydrogens (tertiary/aromatic N) is 1. The van der Waals surface area contributed by atoms with Crippen LogP contribution in [0.2, 0.25) is 0 Å². The molecule has 0 saturated heterocycles. The Balaban J connectivity index is 1.55. The number of fused-ring (bicyclic) bond motifs is 1. The summed E-state index contributed by atoms with van der Waals surface area (Å²) in [7, 11) is 0. The predicted molar refractivity (Wildman–Crippen MR) is 115 cm³/mol. The van der Waals surface area contributed by atoms with Gasteiger partial charge in [-0.2, -0.15) is 13.2 Å². The lowest BCUT2D eigenvalue weighted by molar-refractivity contribution is -0.257. The Morgan fingerprint density at radius 1 is 1.12 bits per heavy atom. The van der Waals surface area contributed by atoms with Crippen LogP contribution in [0.3, 0.4) is 0 Å². The fraction of sp³-hybridized carbons (Fsp3) is 0.286. The van der Waals surface area contributed by atoms with Gasteiger partial charge in [-0.1, -0.05) is 17.4 Å². The van der Waals surface area contributed by atoms with E-state index >= 15 is 0 Å². The highest BCUT2D eigenvalue weighted by atomic mass is 32.1. The summed E-state index contributed by atoms with van der Waals surface area (Å²) in [5.74, 6) is -2.75. The summed E-state index contributed by atoms with van der Waals surface area (Å²) in [5.41, 5.74) is -4.08. The van der Waals surface area contributed by atoms with Gasteiger partial charge >= 0.3 is 12.2 Å². The Morgan fingerprint density at radius 3 is 2.44 bits per heavy atom. The molecule has 0 unspecified atom stereocenters. The lowest BCUT2D eigenvalue weighted by Gasteiger charge is -2.29. The van der Waals surface area contributed by atoms with Crippen molar-refractivity contribution in [3.63, 3.8) is 0 Å². The number of carbonyl (C=O) groups excluding carboxylic acids is 2. The van der Waals surface area contributed by atoms with E-state index in [1.165, 1.54) is 18.2 Å². The molecule has 1 aromatic heterocycles. The van der Waals surface area contributed by atoms with E-state index in [2.05, 4.69) is 20.9 Å². The quantitative estimate of drug-likeness (QED) is 0.379. The smallest absolute Gasteiger partial charge is 0.369 e. The van der Waals surface area contributed by atoms with Crippen molar-refractivity contribution in [1.29, 1.82) is 0 Å². The minimum Gasteiger partial charge on any atom is -0.369 e. The molecule has 13 heteroatoms. The van der Waals surface area contributed by atoms with Crippen molar-refractivity contribution in [2.75, 3.05) is 17.3 Å². The zero-order valence-electron chi connectivity index (χ0n) is 17.1. The van der Waals surface area contributed by atoms with Gasteiger partial charge in [0.05, 0.1) is 16.9 Å². The van der Waals surface area contributed by atoms with Crippen molar-refractivity contribution < 1.29 is 36.6 Å². The molecule has 4 N–H and O–H groups in total. The van der Waals surface area contributed by atoms with Crippen LogP contribution in [0.5, 0.6) is 0 Å². The number of amides is 3. The van der Waals surface area contributed by atoms with Crippen LogP contribution < -0.4 is 16.0 Å². The minimum absolute atomic E-state index is 0.0375. The molecule has 3 aromatic rings. The van der Waals surface area contributed by atoms with Crippen molar-refractivity contribution in [2.24, 2.45) is 5.92 Å². The number of benzene rings is 2. The van der Waals surface area contributed by atoms with Crippen molar-refractivity contribution >= 4 is 44.3 Å². The van der Waals surface area contributed by atoms with Crippen molar-refractivity contribution in [2.45, 2.75) is 24.2 Å². The van der Waals surface area contributed by atoms with Gasteiger partial charge in [-0.05, 0) is 42.8 Å². The van der Waals surface area contributed by atoms with E-state index < -0.39 is 53.7 Å². The molecule has 0 spiro atoms. The summed E-state index contributed by atoms with van der Waals surface area (Å²) in [6, 6.07) is 6.52. The molecule has 1 saturated carbocycles. The third kappa shape index (κ3) is 4.66. The number of aliphatic hydroxyl groups is 1. The molecule has 0 bridgehead atoms. The summed E-state index contributed by atoms with van der Waals surface area (Å²) in [6.45, 7) is -0.785. The fourth-order valence-electron chi connectivity index (χ4n) is 3.29. The van der Waals surface area contributed by atoms with Gasteiger partial charge in [0.25, 0.3) is 11.5 Å². The first-order valence-electron chi connectivity index (χ1n) is 9.92. The van der Waals surface area contributed by atoms with Gasteiger partial charge in [-0.3, -0.25) is 14.5 Å². The van der Waals surface area contributed by atoms with E-state index in [-0.39, 0.29) is 21.8 Å². The topological polar surface area (TPSA) is 103 Å². The number of anilines is 2. The number of carbonyl (C=O) groups is 2. The molecule has 2 aromatic carbocycles. The zero-order chi connectivity index (χ0) is 24.7. The van der Waals surface area contributed by atoms with Crippen LogP contribution in [-0.2, 0) is 10.4 Å². The van der Waals surface area contributed by atoms with Crippen molar-refractivity contribution in [1.82, 2.24) is 10.3 Å². The molecule has 180 valence electrons. The maximum absolute atomic E-state index is 13.8. The van der Waals surface area contributed by atoms with Gasteiger partial charge in [0.2, 0.25) is 0 Å². The Bertz CT molecular complexity index is 1230. The monoisotopic (exact) mass is 500 g/mol. The molecular weight excluding hydrogens is 483 g/mol. The summed E-state index contributed by atoms with van der Waals surface area (Å²) < 4.78 is 67.2. The second-order valence-electron chi connectivity index (χ2n) is 7.73. The molecule has 3 amide bonds. The van der Waals surface area contributed by atoms with Crippen molar-refractivity contribution in [3.8, 4) is 0 Å². The number of alkyl halides is 4. The average Bonchev–Trinajstić information content (AvgIpc) is 3.40. The summed E-state index contributed by atoms with van der Waals surface area (Å²) in [4.78, 5) is 28.6. The fourth-order valence-corrected chi connectivity index (χ4v) is 4.19. The Hall–Kier alpha value is -3.32. The summed E-state index contributed by atoms with van der Waals surface area (Å²) in [6.07, 6.45) is -5.16. The molecule has 1 fully saturated rings. The van der Waals surface area contributed by atoms with Gasteiger partial charge in [-0.25, -0.2) is 14.2 Å². The number of hydrogen-bond donors (Lipinski definition) is 4. The van der Waals surface area contributed by atoms with Crippen LogP contribution in [0, 0.1) is 11.7 Å². The predicted octanol–water partition coefficient (Wildman–Crippen LogP) is 4.30. The third-order valence-corrected chi connectivity index (χ3v) is 6.24. The highest BCUT2D eigenvalue weighted by molar-refractivity contribution is 7.22. The molecule has 0 radical (unpaired) electrons. The molecule has 3 atom stereocenters. The molecule has 1 aliphatic carbocycles. The summed E-state index contributed by atoms with van der Waals surface area (Å²) >= 11 is 0.819. The van der Waals surface area contributed by atoms with Crippen LogP contribution in [0.25, 0.3) is 10.2 Å². The SMILES string of the molecule is O=C(Nc1ccc(F)cc1)Nc1nc2ccc([C@](O)(C(=O)N[C@H]3C[C@@H]3CF)C(F)(F)F)cc2s1. The highest BCUT2D eigenvalue weighted by Crippen LogP contribution is 2.42. The number of thiazole rings is 1. The van der Waals surface area contributed by atoms with E-state index in [0.29, 0.717) is 5.69 Å². The molecule has 34 heavy (non-hydrogen) atoms. The maximum atomic E-state index is 13.8. The van der Waals surface area contributed by atoms with Gasteiger partial charge < -0.3 is 15.7 Å². The van der Waals surface area contributed by atoms with E-state index in [9.17, 15) is 36.6 Å². The lowest BCUT2D eigenvalue weighted by atomic mass is 9.91. The largest absolute Gasteiger partial charge is 0.430 e. The van der Waals surface area contributed by atoms with Gasteiger partial charge in [0, 0.05) is 23.2 Å². The van der Waals surface area contributed by atoms with E-state index in [1.807, 2.05) is 0 Å². The molecular formula is C21H17F5N4O3S. The Morgan fingerprint density at radius 2 is 1.82 bits per heavy atom. The van der Waals surface area contributed by atoms with Crippen LogP contribution in [-0.4, -0.2) is 40.9 Å². The van der Waals surface area contributed by atoms with E-state index in [4.69, 9.17) is 0 Å². The molecule has 1 aliphatic rings. The van der Waals surface area contributed by atoms with Crippen molar-refractivity contribution in [3.05, 3.63) is 53.8 Å². The summed E-state index contributed by atoms with van der Waals surface area (Å²) in [5, 5.41) is 17.4. The molecule has 7 nitrogen and oxygen atoms in total. The van der Waals surface area contributed by atoms with Crippen LogP contribution in [0.1, 0.15) is 12.0 Å². The number of nitrogens with one attached hydrogen (secondary N) is 3. The second kappa shape index (κ2) is 8.80. The van der Waals surface area contributed by atoms with Crippen LogP contribution >= 0.6 is 11.3 Å². The minimum atomic E-state index is -5.36. The van der Waals surface area contributed by atoms with E-state index in [1.54, 1.807) is 0 Å². The van der Waals surface area contributed by atoms with Gasteiger partial charge in [-0.15, -0.1) is 0 Å². The Labute approximate surface area is 193 Å². The number of hydrogen-bond acceptors (Lipinski definition) is 5. The lowest BCUT2D eigenvalue weighted by Crippen LogP contribution is -2.55. The number of aromatic nitrogens is 1. The van der Waals surface area contributed by atoms with Gasteiger partial charge in [0.15, 0.2) is 5.13 Å². The first kappa shape index (κ1) is 23.8. The van der Waals surface area contributed by atoms with Crippen LogP contribution in [0.4, 0.5) is 37.6 Å². The molecule has 4 rings (SSSR count). The second-order valence-corrected chi connectivity index (χ2v) is 8.76. The zero-order valence-corrected chi connectivity index (χ0v) is 17.9. The van der Waals surface area contributed by atoms with Gasteiger partial charge in [0.1, 0.15) is 5.82 Å². The molecule has 0 aliphatic heterocycles. The Kier molecular flexibility index (Phi) is 6.16. The number of urea groups is 1. The van der Waals surface area contributed by atoms with E-state index in [0.717, 1.165) is 35.6 Å². The average molecular weight is 500 g/mol. The number of rotatable bonds is 6. The maximum Gasteiger partial charge on any atom is 0.430 e. The third-order valence-electron chi connectivity index (χ3n) is 5.30. The normalized spacial score (nSPS) is 19.4. The number of halogens is 5. The highest BCUT2D eigenvalue weighted by Gasteiger charge is 2.62. The van der Waals surface area contributed by atoms with Crippen LogP contribution in [0.15, 0.2) is 42.5 Å². The standard InChI is InChI=1S/C21H17F5N4O3S/c22-9-10-7-15(10)28-17(31)20(33,21(24,25)26)11-1-6-14-16(8-11)34-19(29-14)30-18(32)27-13-4-2-12(23)3-5-13/h1-6,8,10,15,33H,7,9H2,(H,28,31)(H2,27,29,30,32)/t10-,15+,20+/m1/s1.